The van der Waals surface area contributed by atoms with E-state index in [1.165, 1.54) is 67.2 Å². The lowest BCUT2D eigenvalue weighted by atomic mass is 9.44. The molecule has 4 heteroatoms. The van der Waals surface area contributed by atoms with Crippen molar-refractivity contribution in [2.24, 2.45) is 34.5 Å². The van der Waals surface area contributed by atoms with Gasteiger partial charge < -0.3 is 56.9 Å². The zero-order valence-corrected chi connectivity index (χ0v) is 26.5. The molecule has 2 aliphatic heterocycles. The molecule has 0 spiro atoms. The van der Waals surface area contributed by atoms with Crippen LogP contribution in [0.3, 0.4) is 0 Å². The van der Waals surface area contributed by atoms with Crippen molar-refractivity contribution in [3.8, 4) is 0 Å². The summed E-state index contributed by atoms with van der Waals surface area (Å²) in [6.07, 6.45) is 20.0. The van der Waals surface area contributed by atoms with Crippen molar-refractivity contribution < 1.29 is 56.9 Å². The van der Waals surface area contributed by atoms with E-state index < -0.39 is 0 Å². The molecule has 2 saturated heterocycles. The first kappa shape index (κ1) is 27.4. The van der Waals surface area contributed by atoms with Gasteiger partial charge in [0.25, 0.3) is 0 Å². The van der Waals surface area contributed by atoms with Gasteiger partial charge in [0, 0.05) is 43.9 Å². The Bertz CT molecular complexity index is 700. The van der Waals surface area contributed by atoms with Crippen LogP contribution in [0.15, 0.2) is 0 Å². The summed E-state index contributed by atoms with van der Waals surface area (Å²) >= 11 is 0. The molecular weight excluding hydrogens is 630 g/mol. The Kier molecular flexibility index (Phi) is 7.98. The topological polar surface area (TPSA) is 0 Å². The number of quaternary nitrogens is 2. The van der Waals surface area contributed by atoms with Gasteiger partial charge in [-0.05, 0) is 74.0 Å². The fraction of sp³-hybridized carbons (Fsp3) is 1.00. The highest BCUT2D eigenvalue weighted by Crippen LogP contribution is 2.67. The maximum Gasteiger partial charge on any atom is 0.0945 e. The largest absolute Gasteiger partial charge is 1.00 e. The minimum atomic E-state index is 0. The molecule has 0 radical (unpaired) electrons. The number of halogens is 2. The van der Waals surface area contributed by atoms with Crippen LogP contribution in [0, 0.1) is 34.5 Å². The van der Waals surface area contributed by atoms with E-state index in [1.807, 2.05) is 0 Å². The quantitative estimate of drug-likeness (QED) is 0.290. The second-order valence-corrected chi connectivity index (χ2v) is 14.5. The lowest BCUT2D eigenvalue weighted by molar-refractivity contribution is -0.928. The molecule has 0 amide bonds. The average molecular weight is 683 g/mol. The fourth-order valence-electron chi connectivity index (χ4n) is 11.6. The third kappa shape index (κ3) is 4.11. The molecular formula is C29H52I2N2. The van der Waals surface area contributed by atoms with E-state index >= 15 is 0 Å². The van der Waals surface area contributed by atoms with Gasteiger partial charge >= 0.3 is 0 Å². The third-order valence-corrected chi connectivity index (χ3v) is 13.4. The second kappa shape index (κ2) is 9.60. The molecule has 0 N–H and O–H groups in total. The number of hydrogen-bond donors (Lipinski definition) is 0. The van der Waals surface area contributed by atoms with Crippen molar-refractivity contribution in [2.45, 2.75) is 109 Å². The molecule has 33 heavy (non-hydrogen) atoms. The maximum absolute atomic E-state index is 2.79. The molecule has 192 valence electrons. The lowest BCUT2D eigenvalue weighted by Crippen LogP contribution is -3.00. The number of hydrogen-bond acceptors (Lipinski definition) is 0. The Labute approximate surface area is 239 Å². The van der Waals surface area contributed by atoms with E-state index in [0.29, 0.717) is 10.8 Å². The molecule has 0 aromatic heterocycles. The monoisotopic (exact) mass is 682 g/mol. The SMILES string of the molecule is C[C@]12CC[C@@H]([N+]3(C)CCCC3)C[C@@H]1CC[C@@H]1[C@@H]2CC[C@]2(C)[C@H]([N+]3(C)CCCC3)CC[C@@H]12.[I-].[I-]. The van der Waals surface area contributed by atoms with E-state index in [1.54, 1.807) is 51.4 Å². The predicted molar refractivity (Wildman–Crippen MR) is 130 cm³/mol. The molecule has 0 aromatic rings. The Morgan fingerprint density at radius 3 is 1.85 bits per heavy atom. The smallest absolute Gasteiger partial charge is 0.0945 e. The Hall–Kier alpha value is 1.38. The zero-order chi connectivity index (χ0) is 21.5. The van der Waals surface area contributed by atoms with Gasteiger partial charge in [0.05, 0.1) is 52.4 Å². The average Bonchev–Trinajstić information content (AvgIpc) is 3.46. The van der Waals surface area contributed by atoms with Crippen molar-refractivity contribution in [3.63, 3.8) is 0 Å². The van der Waals surface area contributed by atoms with Crippen LogP contribution in [0.1, 0.15) is 97.3 Å². The highest BCUT2D eigenvalue weighted by molar-refractivity contribution is 5.10. The van der Waals surface area contributed by atoms with Crippen LogP contribution in [0.2, 0.25) is 0 Å². The van der Waals surface area contributed by atoms with Crippen molar-refractivity contribution in [1.29, 1.82) is 0 Å². The van der Waals surface area contributed by atoms with Crippen molar-refractivity contribution in [2.75, 3.05) is 40.3 Å². The van der Waals surface area contributed by atoms with Crippen molar-refractivity contribution in [3.05, 3.63) is 0 Å². The third-order valence-electron chi connectivity index (χ3n) is 13.4. The van der Waals surface area contributed by atoms with Gasteiger partial charge in [-0.1, -0.05) is 13.8 Å². The van der Waals surface area contributed by atoms with Crippen molar-refractivity contribution in [1.82, 2.24) is 0 Å². The van der Waals surface area contributed by atoms with E-state index in [4.69, 9.17) is 0 Å². The molecule has 4 saturated carbocycles. The Morgan fingerprint density at radius 2 is 1.18 bits per heavy atom. The summed E-state index contributed by atoms with van der Waals surface area (Å²) in [5, 5.41) is 0. The summed E-state index contributed by atoms with van der Waals surface area (Å²) in [5.41, 5.74) is 1.32. The summed E-state index contributed by atoms with van der Waals surface area (Å²) in [7, 11) is 5.25. The standard InChI is InChI=1S/C29H52N2.2HI/c1-28-15-13-23(30(3)17-5-6-18-30)21-22(28)9-10-24-25-11-12-27(31(4)19-7-8-20-31)29(25,2)16-14-26(24)28;;/h22-27H,5-21H2,1-4H3;2*1H/q+2;;/p-2/t22-,23+,24-,25-,26-,27+,28-,29-;;/m0../s1. The molecule has 6 fully saturated rings. The van der Waals surface area contributed by atoms with Crippen LogP contribution in [0.4, 0.5) is 0 Å². The van der Waals surface area contributed by atoms with Crippen LogP contribution in [-0.2, 0) is 0 Å². The number of nitrogens with zero attached hydrogens (tertiary/aromatic N) is 2. The molecule has 0 aromatic carbocycles. The molecule has 0 unspecified atom stereocenters. The van der Waals surface area contributed by atoms with Gasteiger partial charge in [0.1, 0.15) is 0 Å². The van der Waals surface area contributed by atoms with Gasteiger partial charge in [0.2, 0.25) is 0 Å². The molecule has 4 aliphatic carbocycles. The summed E-state index contributed by atoms with van der Waals surface area (Å²) in [6, 6.07) is 1.96. The first-order valence-electron chi connectivity index (χ1n) is 14.5. The summed E-state index contributed by atoms with van der Waals surface area (Å²) in [4.78, 5) is 0. The molecule has 8 atom stereocenters. The fourth-order valence-corrected chi connectivity index (χ4v) is 11.6. The first-order chi connectivity index (χ1) is 14.8. The van der Waals surface area contributed by atoms with Crippen molar-refractivity contribution >= 4 is 0 Å². The minimum Gasteiger partial charge on any atom is -1.00 e. The minimum absolute atomic E-state index is 0. The predicted octanol–water partition coefficient (Wildman–Crippen LogP) is 0.255. The number of likely N-dealkylation sites (tertiary alicyclic amines) is 2. The summed E-state index contributed by atoms with van der Waals surface area (Å²) < 4.78 is 2.86. The van der Waals surface area contributed by atoms with E-state index in [-0.39, 0.29) is 48.0 Å². The highest BCUT2D eigenvalue weighted by Gasteiger charge is 2.64. The molecule has 0 bridgehead atoms. The lowest BCUT2D eigenvalue weighted by Gasteiger charge is -2.62. The van der Waals surface area contributed by atoms with Gasteiger partial charge in [0.15, 0.2) is 0 Å². The first-order valence-corrected chi connectivity index (χ1v) is 14.5. The highest BCUT2D eigenvalue weighted by atomic mass is 127. The van der Waals surface area contributed by atoms with Gasteiger partial charge in [-0.2, -0.15) is 0 Å². The molecule has 6 rings (SSSR count). The van der Waals surface area contributed by atoms with Crippen LogP contribution in [0.25, 0.3) is 0 Å². The van der Waals surface area contributed by atoms with Crippen LogP contribution < -0.4 is 48.0 Å². The zero-order valence-electron chi connectivity index (χ0n) is 22.1. The van der Waals surface area contributed by atoms with E-state index in [0.717, 1.165) is 35.8 Å². The van der Waals surface area contributed by atoms with Crippen LogP contribution in [0.5, 0.6) is 0 Å². The Balaban J connectivity index is 0.00000130. The molecule has 2 heterocycles. The summed E-state index contributed by atoms with van der Waals surface area (Å²) in [6.45, 7) is 11.5. The Morgan fingerprint density at radius 1 is 0.606 bits per heavy atom. The van der Waals surface area contributed by atoms with Gasteiger partial charge in [-0.3, -0.25) is 0 Å². The van der Waals surface area contributed by atoms with Crippen LogP contribution >= 0.6 is 0 Å². The number of fused-ring (bicyclic) bond motifs is 5. The molecule has 6 aliphatic rings. The molecule has 2 nitrogen and oxygen atoms in total. The van der Waals surface area contributed by atoms with E-state index in [2.05, 4.69) is 27.9 Å². The van der Waals surface area contributed by atoms with Gasteiger partial charge in [-0.25, -0.2) is 0 Å². The normalized spacial score (nSPS) is 49.8. The number of rotatable bonds is 2. The summed E-state index contributed by atoms with van der Waals surface area (Å²) in [5.74, 6) is 4.20. The van der Waals surface area contributed by atoms with Crippen LogP contribution in [-0.4, -0.2) is 61.3 Å². The van der Waals surface area contributed by atoms with E-state index in [9.17, 15) is 0 Å². The maximum atomic E-state index is 2.79. The second-order valence-electron chi connectivity index (χ2n) is 14.5. The van der Waals surface area contributed by atoms with Gasteiger partial charge in [-0.15, -0.1) is 0 Å².